The topological polar surface area (TPSA) is 550 Å². The number of carbonyl (C=O) groups is 11. The van der Waals surface area contributed by atoms with Gasteiger partial charge in [-0.3, -0.25) is 62.9 Å². The van der Waals surface area contributed by atoms with Gasteiger partial charge in [0.25, 0.3) is 5.91 Å². The molecule has 0 saturated carbocycles. The highest BCUT2D eigenvalue weighted by Crippen LogP contribution is 2.32. The van der Waals surface area contributed by atoms with Gasteiger partial charge in [0.2, 0.25) is 47.3 Å². The van der Waals surface area contributed by atoms with Crippen LogP contribution in [0.15, 0.2) is 93.2 Å². The first-order valence-corrected chi connectivity index (χ1v) is 31.5. The van der Waals surface area contributed by atoms with Crippen LogP contribution in [0, 0.1) is 0 Å². The van der Waals surface area contributed by atoms with Crippen molar-refractivity contribution < 1.29 is 68.1 Å². The van der Waals surface area contributed by atoms with Crippen LogP contribution in [0.3, 0.4) is 0 Å². The molecule has 3 fully saturated rings. The first kappa shape index (κ1) is 73.3. The Morgan fingerprint density at radius 1 is 0.660 bits per heavy atom. The maximum Gasteiger partial charge on any atom is 0.326 e. The number of carboxylic acid groups (broad SMARTS) is 1. The first-order chi connectivity index (χ1) is 44.8. The maximum absolute atomic E-state index is 15.2. The molecule has 4 heterocycles. The van der Waals surface area contributed by atoms with Gasteiger partial charge in [-0.15, -0.1) is 11.3 Å². The second-order valence-corrected chi connectivity index (χ2v) is 24.0. The number of nitrogens with one attached hydrogen (secondary N) is 6. The monoisotopic (exact) mass is 1330 g/mol. The Hall–Kier alpha value is -9.80. The van der Waals surface area contributed by atoms with E-state index in [1.165, 1.54) is 16.2 Å². The predicted octanol–water partition coefficient (Wildman–Crippen LogP) is -6.02. The van der Waals surface area contributed by atoms with E-state index in [-0.39, 0.29) is 108 Å². The van der Waals surface area contributed by atoms with Crippen LogP contribution >= 0.6 is 11.3 Å². The molecule has 2 unspecified atom stereocenters. The number of nitrogens with two attached hydrogens (primary N) is 7. The number of aliphatic imine (C=N–C) groups is 3. The summed E-state index contributed by atoms with van der Waals surface area (Å²) in [4.78, 5) is 171. The minimum absolute atomic E-state index is 0.0508. The lowest BCUT2D eigenvalue weighted by Gasteiger charge is -2.33. The molecule has 2 aromatic carbocycles. The predicted molar refractivity (Wildman–Crippen MR) is 344 cm³/mol. The number of aliphatic hydroxyl groups is 2. The number of hydrogen-bond donors (Lipinski definition) is 16. The average Bonchev–Trinajstić information content (AvgIpc) is 1.58. The summed E-state index contributed by atoms with van der Waals surface area (Å²) in [5, 5.41) is 48.6. The van der Waals surface area contributed by atoms with Crippen molar-refractivity contribution in [2.45, 2.75) is 137 Å². The van der Waals surface area contributed by atoms with Gasteiger partial charge < -0.3 is 102 Å². The molecule has 3 saturated heterocycles. The number of carboxylic acids is 1. The minimum Gasteiger partial charge on any atom is -0.480 e. The molecule has 10 atom stereocenters. The summed E-state index contributed by atoms with van der Waals surface area (Å²) in [5.74, 6) is -10.9. The number of amides is 9. The van der Waals surface area contributed by atoms with E-state index in [0.717, 1.165) is 9.80 Å². The van der Waals surface area contributed by atoms with E-state index in [1.807, 2.05) is 0 Å². The lowest BCUT2D eigenvalue weighted by Crippen LogP contribution is -2.65. The average molecular weight is 1330 g/mol. The van der Waals surface area contributed by atoms with E-state index in [0.29, 0.717) is 28.8 Å². The summed E-state index contributed by atoms with van der Waals surface area (Å²) in [5.41, 5.74) is 37.2. The number of thiophene rings is 1. The molecule has 9 amide bonds. The molecule has 510 valence electrons. The van der Waals surface area contributed by atoms with Crippen LogP contribution in [-0.2, 0) is 72.0 Å². The first-order valence-electron chi connectivity index (χ1n) is 30.6. The van der Waals surface area contributed by atoms with Crippen molar-refractivity contribution in [2.75, 3.05) is 52.4 Å². The molecular formula is C60H85N19O14S. The minimum atomic E-state index is -2.49. The van der Waals surface area contributed by atoms with E-state index in [2.05, 4.69) is 46.9 Å². The Labute approximate surface area is 545 Å². The molecule has 3 aromatic rings. The van der Waals surface area contributed by atoms with E-state index >= 15 is 9.59 Å². The number of likely N-dealkylation sites (tertiary alicyclic amines) is 3. The largest absolute Gasteiger partial charge is 0.480 e. The van der Waals surface area contributed by atoms with Gasteiger partial charge in [0.15, 0.2) is 29.2 Å². The number of Topliss-reactive ketones (excluding diaryl/α,β-unsaturated/α-hetero) is 1. The smallest absolute Gasteiger partial charge is 0.326 e. The Morgan fingerprint density at radius 2 is 1.24 bits per heavy atom. The SMILES string of the molecule is NC(N)=NCCCC(NC(=O)CN1C(=O)[C@@](Cc2ccccc2)(NC(=O)[C@H](CO)NC(=O)[C@H](Cc2cccs2)NC(=O)CNC(=O)[C@@H]2[C@H](O)CCN2C(=O)[C@@H]2CCCN2C(=O)[C@H](CCCN=C(N)N)NC(=O)[C@H](N)CCCN=C(N)N)C(=O)C1Cc1ccccc1)C(=O)O. The van der Waals surface area contributed by atoms with Crippen LogP contribution < -0.4 is 72.0 Å². The zero-order valence-electron chi connectivity index (χ0n) is 51.8. The summed E-state index contributed by atoms with van der Waals surface area (Å²) < 4.78 is 0. The highest BCUT2D eigenvalue weighted by Gasteiger charge is 2.60. The third-order valence-corrected chi connectivity index (χ3v) is 16.9. The molecule has 0 bridgehead atoms. The van der Waals surface area contributed by atoms with E-state index < -0.39 is 151 Å². The van der Waals surface area contributed by atoms with Crippen LogP contribution in [0.25, 0.3) is 0 Å². The molecule has 6 rings (SSSR count). The lowest BCUT2D eigenvalue weighted by molar-refractivity contribution is -0.149. The number of hydrogen-bond acceptors (Lipinski definition) is 18. The molecular weight excluding hydrogens is 1240 g/mol. The van der Waals surface area contributed by atoms with Gasteiger partial charge in [-0.05, 0) is 80.4 Å². The summed E-state index contributed by atoms with van der Waals surface area (Å²) in [6.07, 6.45) is -0.902. The summed E-state index contributed by atoms with van der Waals surface area (Å²) in [6.45, 7) is -2.40. The van der Waals surface area contributed by atoms with Crippen molar-refractivity contribution in [1.82, 2.24) is 46.6 Å². The molecule has 3 aliphatic rings. The standard InChI is InChI=1S/C60H85N19O14S/c61-37(17-7-22-68-57(62)63)49(85)74-38(18-8-23-69-58(64)65)53(89)77-25-10-20-42(77)54(90)78-26-21-44(81)47(78)52(88)71-31-45(82)73-40(29-36-16-11-27-94-36)50(86)75-41(33-80)51(87)76-60(30-35-14-5-2-6-15-35)48(84)43(28-34-12-3-1-4-13-34)79(56(60)93)32-46(83)72-39(55(91)92)19-9-24-70-59(66)67/h1-6,11-16,27,37-44,47,80-81H,7-10,17-26,28-33,61H2,(H,71,88)(H,72,83)(H,73,82)(H,74,85)(H,75,86)(H,76,87)(H,91,92)(H4,62,63,68)(H4,64,65,69)(H4,66,67,70)/t37-,38+,39?,40+,41+,42+,43?,44-,47+,60+/m1/s1. The number of nitrogens with zero attached hydrogens (tertiary/aromatic N) is 6. The quantitative estimate of drug-likeness (QED) is 0.0113. The number of aliphatic carboxylic acids is 1. The van der Waals surface area contributed by atoms with Crippen LogP contribution in [0.1, 0.15) is 73.8 Å². The second kappa shape index (κ2) is 35.3. The normalized spacial score (nSPS) is 19.9. The van der Waals surface area contributed by atoms with Gasteiger partial charge in [0.05, 0.1) is 31.3 Å². The second-order valence-electron chi connectivity index (χ2n) is 22.9. The van der Waals surface area contributed by atoms with Crippen LogP contribution in [0.2, 0.25) is 0 Å². The fourth-order valence-electron chi connectivity index (χ4n) is 11.3. The van der Waals surface area contributed by atoms with Gasteiger partial charge in [-0.25, -0.2) is 4.79 Å². The van der Waals surface area contributed by atoms with Crippen molar-refractivity contribution in [3.8, 4) is 0 Å². The molecule has 3 aliphatic heterocycles. The van der Waals surface area contributed by atoms with E-state index in [1.54, 1.807) is 78.2 Å². The summed E-state index contributed by atoms with van der Waals surface area (Å²) in [6, 6.07) is 8.70. The number of rotatable bonds is 35. The van der Waals surface area contributed by atoms with Crippen molar-refractivity contribution in [3.63, 3.8) is 0 Å². The van der Waals surface area contributed by atoms with Crippen LogP contribution in [0.5, 0.6) is 0 Å². The summed E-state index contributed by atoms with van der Waals surface area (Å²) in [7, 11) is 0. The Morgan fingerprint density at radius 3 is 1.83 bits per heavy atom. The third-order valence-electron chi connectivity index (χ3n) is 16.0. The lowest BCUT2D eigenvalue weighted by atomic mass is 9.84. The fourth-order valence-corrected chi connectivity index (χ4v) is 12.1. The van der Waals surface area contributed by atoms with Crippen LogP contribution in [0.4, 0.5) is 0 Å². The molecule has 94 heavy (non-hydrogen) atoms. The Kier molecular flexibility index (Phi) is 27.5. The molecule has 34 heteroatoms. The maximum atomic E-state index is 15.2. The van der Waals surface area contributed by atoms with Crippen molar-refractivity contribution in [2.24, 2.45) is 55.1 Å². The van der Waals surface area contributed by atoms with Gasteiger partial charge >= 0.3 is 5.97 Å². The molecule has 23 N–H and O–H groups in total. The molecule has 0 aliphatic carbocycles. The Bertz CT molecular complexity index is 3240. The molecule has 0 radical (unpaired) electrons. The molecule has 33 nitrogen and oxygen atoms in total. The number of guanidine groups is 3. The van der Waals surface area contributed by atoms with Gasteiger partial charge in [-0.2, -0.15) is 0 Å². The Balaban J connectivity index is 1.16. The molecule has 1 aromatic heterocycles. The van der Waals surface area contributed by atoms with Gasteiger partial charge in [-0.1, -0.05) is 66.7 Å². The fraction of sp³-hybridized carbons (Fsp3) is 0.500. The van der Waals surface area contributed by atoms with Gasteiger partial charge in [0.1, 0.15) is 42.8 Å². The van der Waals surface area contributed by atoms with Crippen molar-refractivity contribution in [1.29, 1.82) is 0 Å². The van der Waals surface area contributed by atoms with Crippen molar-refractivity contribution in [3.05, 3.63) is 94.2 Å². The third kappa shape index (κ3) is 20.6. The van der Waals surface area contributed by atoms with Crippen LogP contribution in [-0.4, -0.2) is 225 Å². The van der Waals surface area contributed by atoms with Gasteiger partial charge in [0, 0.05) is 56.9 Å². The highest BCUT2D eigenvalue weighted by molar-refractivity contribution is 7.09. The number of benzene rings is 2. The summed E-state index contributed by atoms with van der Waals surface area (Å²) >= 11 is 1.21. The number of aliphatic hydroxyl groups excluding tert-OH is 2. The number of carbonyl (C=O) groups excluding carboxylic acids is 10. The highest BCUT2D eigenvalue weighted by atomic mass is 32.1. The molecule has 0 spiro atoms. The van der Waals surface area contributed by atoms with Crippen molar-refractivity contribution >= 4 is 94.1 Å². The zero-order chi connectivity index (χ0) is 68.6. The van der Waals surface area contributed by atoms with E-state index in [4.69, 9.17) is 40.1 Å². The number of ketones is 1. The zero-order valence-corrected chi connectivity index (χ0v) is 52.6. The van der Waals surface area contributed by atoms with E-state index in [9.17, 15) is 58.5 Å².